The van der Waals surface area contributed by atoms with Crippen molar-refractivity contribution in [1.29, 1.82) is 0 Å². The highest BCUT2D eigenvalue weighted by molar-refractivity contribution is 6.14. The SMILES string of the molecule is c1ccc(-c2cc(-c3nc(-c4ccccc4)nc(-c4cc(-c5ccccc5)cc5oc6ccccc6c45)n3)c3c(c2)oc2ccccc23)cc1. The summed E-state index contributed by atoms with van der Waals surface area (Å²) in [6, 6.07) is 55.6. The quantitative estimate of drug-likeness (QED) is 0.187. The molecule has 10 rings (SSSR count). The van der Waals surface area contributed by atoms with E-state index < -0.39 is 0 Å². The third kappa shape index (κ3) is 4.67. The van der Waals surface area contributed by atoms with Gasteiger partial charge in [-0.05, 0) is 58.7 Å². The number of fused-ring (bicyclic) bond motifs is 6. The van der Waals surface area contributed by atoms with Gasteiger partial charge in [0, 0.05) is 38.2 Å². The highest BCUT2D eigenvalue weighted by atomic mass is 16.3. The van der Waals surface area contributed by atoms with Crippen LogP contribution >= 0.6 is 0 Å². The Morgan fingerprint density at radius 2 is 0.680 bits per heavy atom. The summed E-state index contributed by atoms with van der Waals surface area (Å²) in [5.41, 5.74) is 10.0. The second kappa shape index (κ2) is 11.4. The molecule has 0 unspecified atom stereocenters. The number of hydrogen-bond donors (Lipinski definition) is 0. The minimum Gasteiger partial charge on any atom is -0.456 e. The number of aromatic nitrogens is 3. The first-order valence-electron chi connectivity index (χ1n) is 16.6. The van der Waals surface area contributed by atoms with Crippen LogP contribution in [0.25, 0.3) is 100 Å². The van der Waals surface area contributed by atoms with Gasteiger partial charge in [0.05, 0.1) is 0 Å². The molecule has 0 saturated carbocycles. The van der Waals surface area contributed by atoms with Gasteiger partial charge in [0.1, 0.15) is 22.3 Å². The normalized spacial score (nSPS) is 11.6. The molecule has 0 N–H and O–H groups in total. The van der Waals surface area contributed by atoms with Crippen LogP contribution in [0, 0.1) is 0 Å². The summed E-state index contributed by atoms with van der Waals surface area (Å²) in [5.74, 6) is 1.71. The lowest BCUT2D eigenvalue weighted by atomic mass is 9.97. The fourth-order valence-corrected chi connectivity index (χ4v) is 6.99. The summed E-state index contributed by atoms with van der Waals surface area (Å²) < 4.78 is 13.0. The van der Waals surface area contributed by atoms with Crippen LogP contribution in [0.1, 0.15) is 0 Å². The number of rotatable bonds is 5. The zero-order chi connectivity index (χ0) is 33.0. The summed E-state index contributed by atoms with van der Waals surface area (Å²) in [7, 11) is 0. The van der Waals surface area contributed by atoms with E-state index in [0.29, 0.717) is 17.5 Å². The van der Waals surface area contributed by atoms with Crippen molar-refractivity contribution in [3.8, 4) is 56.4 Å². The lowest BCUT2D eigenvalue weighted by Gasteiger charge is -2.12. The Morgan fingerprint density at radius 1 is 0.300 bits per heavy atom. The zero-order valence-electron chi connectivity index (χ0n) is 26.7. The monoisotopic (exact) mass is 641 g/mol. The van der Waals surface area contributed by atoms with E-state index in [1.165, 1.54) is 0 Å². The van der Waals surface area contributed by atoms with Crippen LogP contribution in [0.5, 0.6) is 0 Å². The van der Waals surface area contributed by atoms with Gasteiger partial charge in [0.15, 0.2) is 17.5 Å². The van der Waals surface area contributed by atoms with Crippen molar-refractivity contribution in [2.24, 2.45) is 0 Å². The van der Waals surface area contributed by atoms with Crippen LogP contribution in [0.4, 0.5) is 0 Å². The largest absolute Gasteiger partial charge is 0.456 e. The molecule has 0 aliphatic carbocycles. The first-order chi connectivity index (χ1) is 24.8. The molecule has 3 aromatic heterocycles. The molecule has 0 fully saturated rings. The standard InChI is InChI=1S/C45H27N3O2/c1-4-14-28(15-5-1)31-24-35(41-33-20-10-12-22-37(33)49-39(41)26-31)44-46-43(30-18-8-3-9-19-30)47-45(48-44)36-25-32(29-16-6-2-7-17-29)27-40-42(36)34-21-11-13-23-38(34)50-40/h1-27H. The summed E-state index contributed by atoms with van der Waals surface area (Å²) >= 11 is 0. The molecular formula is C45H27N3O2. The predicted octanol–water partition coefficient (Wildman–Crippen LogP) is 12.0. The number of furan rings is 2. The van der Waals surface area contributed by atoms with Crippen molar-refractivity contribution in [3.63, 3.8) is 0 Å². The average molecular weight is 642 g/mol. The number of benzene rings is 7. The first kappa shape index (κ1) is 28.2. The summed E-state index contributed by atoms with van der Waals surface area (Å²) in [5, 5.41) is 3.95. The van der Waals surface area contributed by atoms with Crippen LogP contribution in [-0.2, 0) is 0 Å². The van der Waals surface area contributed by atoms with Crippen LogP contribution in [0.2, 0.25) is 0 Å². The molecular weight excluding hydrogens is 615 g/mol. The van der Waals surface area contributed by atoms with Crippen LogP contribution in [0.3, 0.4) is 0 Å². The van der Waals surface area contributed by atoms with Gasteiger partial charge in [-0.15, -0.1) is 0 Å². The Kier molecular flexibility index (Phi) is 6.42. The maximum Gasteiger partial charge on any atom is 0.164 e. The van der Waals surface area contributed by atoms with E-state index in [0.717, 1.165) is 82.8 Å². The number of hydrogen-bond acceptors (Lipinski definition) is 5. The van der Waals surface area contributed by atoms with E-state index in [1.807, 2.05) is 103 Å². The molecule has 0 spiro atoms. The van der Waals surface area contributed by atoms with Crippen molar-refractivity contribution in [1.82, 2.24) is 15.0 Å². The van der Waals surface area contributed by atoms with Gasteiger partial charge >= 0.3 is 0 Å². The lowest BCUT2D eigenvalue weighted by molar-refractivity contribution is 0.669. The van der Waals surface area contributed by atoms with Crippen LogP contribution in [-0.4, -0.2) is 15.0 Å². The van der Waals surface area contributed by atoms with Gasteiger partial charge < -0.3 is 8.83 Å². The summed E-state index contributed by atoms with van der Waals surface area (Å²) in [6.45, 7) is 0. The Morgan fingerprint density at radius 3 is 1.14 bits per heavy atom. The van der Waals surface area contributed by atoms with E-state index in [-0.39, 0.29) is 0 Å². The van der Waals surface area contributed by atoms with Gasteiger partial charge in [-0.3, -0.25) is 0 Å². The fraction of sp³-hybridized carbons (Fsp3) is 0. The molecule has 5 heteroatoms. The van der Waals surface area contributed by atoms with Crippen LogP contribution in [0.15, 0.2) is 173 Å². The van der Waals surface area contributed by atoms with Crippen molar-refractivity contribution in [3.05, 3.63) is 164 Å². The maximum absolute atomic E-state index is 6.48. The van der Waals surface area contributed by atoms with E-state index in [4.69, 9.17) is 23.8 Å². The third-order valence-electron chi connectivity index (χ3n) is 9.32. The minimum atomic E-state index is 0.564. The van der Waals surface area contributed by atoms with Gasteiger partial charge in [0.25, 0.3) is 0 Å². The van der Waals surface area contributed by atoms with Crippen molar-refractivity contribution in [2.75, 3.05) is 0 Å². The van der Waals surface area contributed by atoms with Crippen molar-refractivity contribution < 1.29 is 8.83 Å². The Labute approximate surface area is 287 Å². The first-order valence-corrected chi connectivity index (χ1v) is 16.6. The molecule has 3 heterocycles. The molecule has 0 radical (unpaired) electrons. The smallest absolute Gasteiger partial charge is 0.164 e. The van der Waals surface area contributed by atoms with E-state index in [9.17, 15) is 0 Å². The lowest BCUT2D eigenvalue weighted by Crippen LogP contribution is -2.01. The molecule has 50 heavy (non-hydrogen) atoms. The molecule has 5 nitrogen and oxygen atoms in total. The second-order valence-electron chi connectivity index (χ2n) is 12.4. The highest BCUT2D eigenvalue weighted by Gasteiger charge is 2.22. The third-order valence-corrected chi connectivity index (χ3v) is 9.32. The molecule has 0 atom stereocenters. The average Bonchev–Trinajstić information content (AvgIpc) is 3.76. The van der Waals surface area contributed by atoms with Gasteiger partial charge in [-0.2, -0.15) is 0 Å². The highest BCUT2D eigenvalue weighted by Crippen LogP contribution is 2.42. The van der Waals surface area contributed by atoms with Crippen molar-refractivity contribution in [2.45, 2.75) is 0 Å². The minimum absolute atomic E-state index is 0.564. The Bertz CT molecular complexity index is 2680. The van der Waals surface area contributed by atoms with Gasteiger partial charge in [-0.1, -0.05) is 127 Å². The topological polar surface area (TPSA) is 65.0 Å². The summed E-state index contributed by atoms with van der Waals surface area (Å²) in [4.78, 5) is 15.7. The van der Waals surface area contributed by atoms with E-state index in [1.54, 1.807) is 0 Å². The molecule has 10 aromatic rings. The predicted molar refractivity (Wildman–Crippen MR) is 202 cm³/mol. The summed E-state index contributed by atoms with van der Waals surface area (Å²) in [6.07, 6.45) is 0. The van der Waals surface area contributed by atoms with Gasteiger partial charge in [-0.25, -0.2) is 15.0 Å². The molecule has 7 aromatic carbocycles. The maximum atomic E-state index is 6.48. The Hall–Kier alpha value is -6.85. The van der Waals surface area contributed by atoms with Crippen LogP contribution < -0.4 is 0 Å². The zero-order valence-corrected chi connectivity index (χ0v) is 26.7. The molecule has 0 amide bonds. The van der Waals surface area contributed by atoms with Crippen molar-refractivity contribution >= 4 is 43.9 Å². The molecule has 0 aliphatic heterocycles. The number of para-hydroxylation sites is 2. The molecule has 0 saturated heterocycles. The fourth-order valence-electron chi connectivity index (χ4n) is 6.99. The Balaban J connectivity index is 1.31. The molecule has 0 bridgehead atoms. The number of nitrogens with zero attached hydrogens (tertiary/aromatic N) is 3. The molecule has 0 aliphatic rings. The van der Waals surface area contributed by atoms with E-state index >= 15 is 0 Å². The van der Waals surface area contributed by atoms with E-state index in [2.05, 4.69) is 60.7 Å². The molecule has 234 valence electrons. The van der Waals surface area contributed by atoms with Gasteiger partial charge in [0.2, 0.25) is 0 Å². The second-order valence-corrected chi connectivity index (χ2v) is 12.4.